The van der Waals surface area contributed by atoms with E-state index in [0.29, 0.717) is 12.4 Å². The minimum absolute atomic E-state index is 0.127. The fourth-order valence-electron chi connectivity index (χ4n) is 2.40. The summed E-state index contributed by atoms with van der Waals surface area (Å²) in [5.74, 6) is 0.569. The number of rotatable bonds is 5. The SMILES string of the molecule is CNS(=O)(=O)c1ccc(NCC2(O)CCCCC2)nc1. The van der Waals surface area contributed by atoms with Crippen molar-refractivity contribution >= 4 is 15.8 Å². The number of nitrogens with zero attached hydrogens (tertiary/aromatic N) is 1. The van der Waals surface area contributed by atoms with Gasteiger partial charge in [-0.3, -0.25) is 0 Å². The molecule has 0 amide bonds. The van der Waals surface area contributed by atoms with Gasteiger partial charge in [0.25, 0.3) is 0 Å². The number of anilines is 1. The van der Waals surface area contributed by atoms with Gasteiger partial charge in [-0.15, -0.1) is 0 Å². The molecule has 0 aliphatic heterocycles. The van der Waals surface area contributed by atoms with Gasteiger partial charge < -0.3 is 10.4 Å². The van der Waals surface area contributed by atoms with Crippen LogP contribution in [0.2, 0.25) is 0 Å². The second kappa shape index (κ2) is 6.07. The van der Waals surface area contributed by atoms with Crippen molar-refractivity contribution in [3.8, 4) is 0 Å². The minimum atomic E-state index is -3.45. The second-order valence-corrected chi connectivity index (χ2v) is 7.11. The predicted molar refractivity (Wildman–Crippen MR) is 77.0 cm³/mol. The molecule has 0 aromatic carbocycles. The summed E-state index contributed by atoms with van der Waals surface area (Å²) in [6.45, 7) is 0.443. The molecule has 1 fully saturated rings. The van der Waals surface area contributed by atoms with E-state index in [4.69, 9.17) is 0 Å². The Labute approximate surface area is 119 Å². The van der Waals surface area contributed by atoms with Crippen LogP contribution < -0.4 is 10.0 Å². The van der Waals surface area contributed by atoms with Gasteiger partial charge in [-0.1, -0.05) is 19.3 Å². The van der Waals surface area contributed by atoms with E-state index in [2.05, 4.69) is 15.0 Å². The maximum atomic E-state index is 11.6. The number of hydrogen-bond donors (Lipinski definition) is 3. The van der Waals surface area contributed by atoms with Crippen LogP contribution in [0, 0.1) is 0 Å². The molecule has 0 saturated heterocycles. The lowest BCUT2D eigenvalue weighted by Gasteiger charge is -2.32. The monoisotopic (exact) mass is 299 g/mol. The summed E-state index contributed by atoms with van der Waals surface area (Å²) >= 11 is 0. The van der Waals surface area contributed by atoms with E-state index < -0.39 is 15.6 Å². The van der Waals surface area contributed by atoms with Crippen LogP contribution in [-0.4, -0.2) is 37.7 Å². The standard InChI is InChI=1S/C13H21N3O3S/c1-14-20(18,19)11-5-6-12(15-9-11)16-10-13(17)7-3-2-4-8-13/h5-6,9,14,17H,2-4,7-8,10H2,1H3,(H,15,16). The third-order valence-electron chi connectivity index (χ3n) is 3.70. The number of sulfonamides is 1. The first-order valence-electron chi connectivity index (χ1n) is 6.81. The molecule has 1 saturated carbocycles. The van der Waals surface area contributed by atoms with Crippen LogP contribution in [-0.2, 0) is 10.0 Å². The first-order valence-corrected chi connectivity index (χ1v) is 8.29. The van der Waals surface area contributed by atoms with Crippen LogP contribution in [0.5, 0.6) is 0 Å². The Morgan fingerprint density at radius 3 is 2.55 bits per heavy atom. The zero-order valence-electron chi connectivity index (χ0n) is 11.6. The minimum Gasteiger partial charge on any atom is -0.388 e. The van der Waals surface area contributed by atoms with Gasteiger partial charge in [0.2, 0.25) is 10.0 Å². The van der Waals surface area contributed by atoms with Crippen molar-refractivity contribution in [3.63, 3.8) is 0 Å². The van der Waals surface area contributed by atoms with E-state index in [1.807, 2.05) is 0 Å². The highest BCUT2D eigenvalue weighted by Crippen LogP contribution is 2.28. The Hall–Kier alpha value is -1.18. The average molecular weight is 299 g/mol. The van der Waals surface area contributed by atoms with Crippen LogP contribution in [0.25, 0.3) is 0 Å². The van der Waals surface area contributed by atoms with Crippen molar-refractivity contribution in [1.82, 2.24) is 9.71 Å². The van der Waals surface area contributed by atoms with Gasteiger partial charge >= 0.3 is 0 Å². The van der Waals surface area contributed by atoms with E-state index >= 15 is 0 Å². The summed E-state index contributed by atoms with van der Waals surface area (Å²) in [5, 5.41) is 13.4. The zero-order valence-corrected chi connectivity index (χ0v) is 12.4. The lowest BCUT2D eigenvalue weighted by atomic mass is 9.85. The van der Waals surface area contributed by atoms with Gasteiger partial charge in [0.15, 0.2) is 0 Å². The maximum Gasteiger partial charge on any atom is 0.241 e. The summed E-state index contributed by atoms with van der Waals surface area (Å²) in [6, 6.07) is 3.10. The average Bonchev–Trinajstić information content (AvgIpc) is 2.46. The number of nitrogens with one attached hydrogen (secondary N) is 2. The first-order chi connectivity index (χ1) is 9.45. The van der Waals surface area contributed by atoms with Crippen LogP contribution in [0.4, 0.5) is 5.82 Å². The lowest BCUT2D eigenvalue weighted by Crippen LogP contribution is -2.38. The van der Waals surface area contributed by atoms with Gasteiger partial charge in [0.05, 0.1) is 5.60 Å². The molecule has 1 aromatic heterocycles. The molecule has 2 rings (SSSR count). The van der Waals surface area contributed by atoms with Gasteiger partial charge in [-0.05, 0) is 32.0 Å². The molecule has 0 unspecified atom stereocenters. The van der Waals surface area contributed by atoms with Crippen LogP contribution in [0.3, 0.4) is 0 Å². The molecule has 1 aliphatic carbocycles. The first kappa shape index (κ1) is 15.2. The third kappa shape index (κ3) is 3.68. The number of hydrogen-bond acceptors (Lipinski definition) is 5. The third-order valence-corrected chi connectivity index (χ3v) is 5.10. The van der Waals surface area contributed by atoms with Gasteiger partial charge in [-0.2, -0.15) is 0 Å². The Bertz CT molecular complexity index is 536. The summed E-state index contributed by atoms with van der Waals surface area (Å²) in [7, 11) is -2.09. The Balaban J connectivity index is 1.97. The number of aliphatic hydroxyl groups is 1. The molecule has 0 atom stereocenters. The summed E-state index contributed by atoms with van der Waals surface area (Å²) in [5.41, 5.74) is -0.671. The predicted octanol–water partition coefficient (Wildman–Crippen LogP) is 1.10. The van der Waals surface area contributed by atoms with Crippen molar-refractivity contribution in [2.75, 3.05) is 18.9 Å². The van der Waals surface area contributed by atoms with Crippen LogP contribution >= 0.6 is 0 Å². The van der Waals surface area contributed by atoms with Crippen molar-refractivity contribution in [2.45, 2.75) is 42.6 Å². The molecule has 3 N–H and O–H groups in total. The van der Waals surface area contributed by atoms with Crippen molar-refractivity contribution in [1.29, 1.82) is 0 Å². The van der Waals surface area contributed by atoms with Gasteiger partial charge in [0, 0.05) is 12.7 Å². The Kier molecular flexibility index (Phi) is 4.62. The molecule has 0 radical (unpaired) electrons. The normalized spacial score (nSPS) is 18.7. The molecular formula is C13H21N3O3S. The van der Waals surface area contributed by atoms with Crippen LogP contribution in [0.15, 0.2) is 23.2 Å². The summed E-state index contributed by atoms with van der Waals surface area (Å²) in [6.07, 6.45) is 6.17. The zero-order chi connectivity index (χ0) is 14.6. The topological polar surface area (TPSA) is 91.3 Å². The van der Waals surface area contributed by atoms with Crippen molar-refractivity contribution in [2.24, 2.45) is 0 Å². The van der Waals surface area contributed by atoms with E-state index in [1.165, 1.54) is 25.7 Å². The van der Waals surface area contributed by atoms with Crippen LogP contribution in [0.1, 0.15) is 32.1 Å². The molecule has 7 heteroatoms. The molecule has 20 heavy (non-hydrogen) atoms. The highest BCUT2D eigenvalue weighted by Gasteiger charge is 2.28. The Morgan fingerprint density at radius 1 is 1.30 bits per heavy atom. The van der Waals surface area contributed by atoms with E-state index in [1.54, 1.807) is 6.07 Å². The maximum absolute atomic E-state index is 11.6. The molecule has 0 bridgehead atoms. The lowest BCUT2D eigenvalue weighted by molar-refractivity contribution is 0.0166. The number of pyridine rings is 1. The summed E-state index contributed by atoms with van der Waals surface area (Å²) in [4.78, 5) is 4.19. The molecule has 1 aromatic rings. The molecular weight excluding hydrogens is 278 g/mol. The largest absolute Gasteiger partial charge is 0.388 e. The summed E-state index contributed by atoms with van der Waals surface area (Å²) < 4.78 is 25.4. The fraction of sp³-hybridized carbons (Fsp3) is 0.615. The second-order valence-electron chi connectivity index (χ2n) is 5.23. The highest BCUT2D eigenvalue weighted by atomic mass is 32.2. The molecule has 6 nitrogen and oxygen atoms in total. The van der Waals surface area contributed by atoms with E-state index in [0.717, 1.165) is 25.7 Å². The van der Waals surface area contributed by atoms with E-state index in [9.17, 15) is 13.5 Å². The van der Waals surface area contributed by atoms with Gasteiger partial charge in [-0.25, -0.2) is 18.1 Å². The number of aromatic nitrogens is 1. The molecule has 112 valence electrons. The van der Waals surface area contributed by atoms with Crippen molar-refractivity contribution < 1.29 is 13.5 Å². The molecule has 0 spiro atoms. The highest BCUT2D eigenvalue weighted by molar-refractivity contribution is 7.89. The smallest absolute Gasteiger partial charge is 0.241 e. The molecule has 1 aliphatic rings. The van der Waals surface area contributed by atoms with Gasteiger partial charge in [0.1, 0.15) is 10.7 Å². The fourth-order valence-corrected chi connectivity index (χ4v) is 3.08. The van der Waals surface area contributed by atoms with E-state index in [-0.39, 0.29) is 4.90 Å². The molecule has 1 heterocycles. The quantitative estimate of drug-likeness (QED) is 0.757. The Morgan fingerprint density at radius 2 is 2.00 bits per heavy atom. The van der Waals surface area contributed by atoms with Crippen molar-refractivity contribution in [3.05, 3.63) is 18.3 Å².